The lowest BCUT2D eigenvalue weighted by Gasteiger charge is -2.22. The van der Waals surface area contributed by atoms with Crippen molar-refractivity contribution in [2.45, 2.75) is 32.5 Å². The van der Waals surface area contributed by atoms with Gasteiger partial charge in [-0.1, -0.05) is 39.3 Å². The first-order chi connectivity index (χ1) is 12.6. The molecule has 0 aliphatic heterocycles. The van der Waals surface area contributed by atoms with E-state index in [2.05, 4.69) is 43.4 Å². The molecule has 0 amide bonds. The summed E-state index contributed by atoms with van der Waals surface area (Å²) in [5, 5.41) is 4.68. The van der Waals surface area contributed by atoms with Gasteiger partial charge in [0.15, 0.2) is 6.79 Å². The van der Waals surface area contributed by atoms with Gasteiger partial charge in [-0.05, 0) is 49.5 Å². The van der Waals surface area contributed by atoms with E-state index in [0.29, 0.717) is 14.2 Å². The lowest BCUT2D eigenvalue weighted by atomic mass is 10.1. The maximum atomic E-state index is 5.82. The zero-order chi connectivity index (χ0) is 18.9. The van der Waals surface area contributed by atoms with Gasteiger partial charge in [-0.2, -0.15) is 0 Å². The largest absolute Gasteiger partial charge is 0.497 e. The Bertz CT molecular complexity index is 706. The zero-order valence-corrected chi connectivity index (χ0v) is 17.4. The summed E-state index contributed by atoms with van der Waals surface area (Å²) in [5.41, 5.74) is 4.21. The van der Waals surface area contributed by atoms with Crippen LogP contribution in [0.15, 0.2) is 36.4 Å². The van der Waals surface area contributed by atoms with E-state index in [-0.39, 0.29) is 6.79 Å². The quantitative estimate of drug-likeness (QED) is 0.500. The van der Waals surface area contributed by atoms with Crippen LogP contribution in [0.5, 0.6) is 11.5 Å². The van der Waals surface area contributed by atoms with Crippen LogP contribution in [-0.4, -0.2) is 28.1 Å². The van der Waals surface area contributed by atoms with Gasteiger partial charge in [-0.15, -0.1) is 0 Å². The third kappa shape index (κ3) is 5.44. The van der Waals surface area contributed by atoms with Crippen molar-refractivity contribution in [2.24, 2.45) is 0 Å². The second-order valence-electron chi connectivity index (χ2n) is 6.25. The molecule has 0 spiro atoms. The Morgan fingerprint density at radius 1 is 1.12 bits per heavy atom. The zero-order valence-electron chi connectivity index (χ0n) is 16.4. The van der Waals surface area contributed by atoms with Gasteiger partial charge in [0.05, 0.1) is 7.11 Å². The molecule has 0 radical (unpaired) electrons. The molecule has 0 aromatic heterocycles. The summed E-state index contributed by atoms with van der Waals surface area (Å²) in [6, 6.07) is 12.7. The van der Waals surface area contributed by atoms with Crippen molar-refractivity contribution in [2.75, 3.05) is 28.1 Å². The van der Waals surface area contributed by atoms with Crippen LogP contribution < -0.4 is 20.1 Å². The standard InChI is InChI=1S/C21H30NO3P/c1-6-20(26-21-10-7-15(2)11-16(21)13-22-3)18-12-17(24-5)8-9-19(18)25-14-23-4/h7-12,20,22,26H,6,13-14H2,1-5H3. The van der Waals surface area contributed by atoms with Crippen molar-refractivity contribution in [1.29, 1.82) is 0 Å². The molecule has 0 heterocycles. The summed E-state index contributed by atoms with van der Waals surface area (Å²) in [6.45, 7) is 5.49. The van der Waals surface area contributed by atoms with Gasteiger partial charge in [0.2, 0.25) is 0 Å². The highest BCUT2D eigenvalue weighted by molar-refractivity contribution is 7.47. The summed E-state index contributed by atoms with van der Waals surface area (Å²) < 4.78 is 16.4. The number of methoxy groups -OCH3 is 2. The molecule has 142 valence electrons. The maximum Gasteiger partial charge on any atom is 0.188 e. The maximum absolute atomic E-state index is 5.82. The fourth-order valence-corrected chi connectivity index (χ4v) is 4.45. The molecule has 5 heteroatoms. The third-order valence-electron chi connectivity index (χ3n) is 4.29. The van der Waals surface area contributed by atoms with E-state index in [4.69, 9.17) is 14.2 Å². The van der Waals surface area contributed by atoms with Gasteiger partial charge >= 0.3 is 0 Å². The number of aryl methyl sites for hydroxylation is 1. The fraction of sp³-hybridized carbons (Fsp3) is 0.429. The number of rotatable bonds is 10. The molecule has 0 bridgehead atoms. The van der Waals surface area contributed by atoms with Crippen molar-refractivity contribution in [3.63, 3.8) is 0 Å². The Morgan fingerprint density at radius 3 is 2.58 bits per heavy atom. The highest BCUT2D eigenvalue weighted by Gasteiger charge is 2.18. The Labute approximate surface area is 159 Å². The predicted molar refractivity (Wildman–Crippen MR) is 110 cm³/mol. The van der Waals surface area contributed by atoms with Crippen LogP contribution in [0.1, 0.15) is 35.7 Å². The molecule has 2 atom stereocenters. The summed E-state index contributed by atoms with van der Waals surface area (Å²) in [7, 11) is 5.99. The fourth-order valence-electron chi connectivity index (χ4n) is 2.97. The molecule has 0 aliphatic rings. The Kier molecular flexibility index (Phi) is 8.37. The van der Waals surface area contributed by atoms with Gasteiger partial charge < -0.3 is 19.5 Å². The highest BCUT2D eigenvalue weighted by Crippen LogP contribution is 2.43. The molecule has 0 saturated carbocycles. The first kappa shape index (κ1) is 20.7. The number of hydrogen-bond donors (Lipinski definition) is 1. The van der Waals surface area contributed by atoms with Gasteiger partial charge in [0, 0.05) is 24.9 Å². The van der Waals surface area contributed by atoms with Crippen LogP contribution >= 0.6 is 8.58 Å². The first-order valence-electron chi connectivity index (χ1n) is 8.93. The molecule has 26 heavy (non-hydrogen) atoms. The average molecular weight is 375 g/mol. The summed E-state index contributed by atoms with van der Waals surface area (Å²) in [6.07, 6.45) is 1.03. The average Bonchev–Trinajstić information content (AvgIpc) is 2.66. The number of hydrogen-bond acceptors (Lipinski definition) is 4. The van der Waals surface area contributed by atoms with E-state index >= 15 is 0 Å². The van der Waals surface area contributed by atoms with Crippen LogP contribution in [0.4, 0.5) is 0 Å². The van der Waals surface area contributed by atoms with Crippen LogP contribution in [0.25, 0.3) is 0 Å². The van der Waals surface area contributed by atoms with Crippen molar-refractivity contribution in [1.82, 2.24) is 5.32 Å². The monoisotopic (exact) mass is 375 g/mol. The first-order valence-corrected chi connectivity index (χ1v) is 10.0. The molecule has 4 nitrogen and oxygen atoms in total. The summed E-state index contributed by atoms with van der Waals surface area (Å²) in [5.74, 6) is 1.72. The van der Waals surface area contributed by atoms with E-state index in [1.807, 2.05) is 19.2 Å². The van der Waals surface area contributed by atoms with Crippen LogP contribution in [0.3, 0.4) is 0 Å². The van der Waals surface area contributed by atoms with Crippen molar-refractivity contribution >= 4 is 13.9 Å². The van der Waals surface area contributed by atoms with E-state index in [0.717, 1.165) is 24.5 Å². The van der Waals surface area contributed by atoms with E-state index in [9.17, 15) is 0 Å². The van der Waals surface area contributed by atoms with Gasteiger partial charge in [-0.25, -0.2) is 0 Å². The topological polar surface area (TPSA) is 39.7 Å². The van der Waals surface area contributed by atoms with Crippen LogP contribution in [0, 0.1) is 6.92 Å². The lowest BCUT2D eigenvalue weighted by Crippen LogP contribution is -2.15. The molecule has 2 unspecified atom stereocenters. The SMILES string of the molecule is CCC(Pc1ccc(C)cc1CNC)c1cc(OC)ccc1OCOC. The number of nitrogens with one attached hydrogen (secondary N) is 1. The second kappa shape index (κ2) is 10.5. The third-order valence-corrected chi connectivity index (χ3v) is 6.16. The lowest BCUT2D eigenvalue weighted by molar-refractivity contribution is 0.0503. The second-order valence-corrected chi connectivity index (χ2v) is 7.77. The molecule has 0 fully saturated rings. The minimum atomic E-state index is 0.244. The Balaban J connectivity index is 2.36. The highest BCUT2D eigenvalue weighted by atomic mass is 31.1. The van der Waals surface area contributed by atoms with E-state index in [1.54, 1.807) is 14.2 Å². The van der Waals surface area contributed by atoms with E-state index in [1.165, 1.54) is 22.0 Å². The normalized spacial score (nSPS) is 12.5. The summed E-state index contributed by atoms with van der Waals surface area (Å²) >= 11 is 0. The number of benzene rings is 2. The molecule has 2 aromatic carbocycles. The molecule has 2 aromatic rings. The number of ether oxygens (including phenoxy) is 3. The molecule has 2 rings (SSSR count). The van der Waals surface area contributed by atoms with Gasteiger partial charge in [0.25, 0.3) is 0 Å². The summed E-state index contributed by atoms with van der Waals surface area (Å²) in [4.78, 5) is 0. The molecule has 0 aliphatic carbocycles. The molecular weight excluding hydrogens is 345 g/mol. The minimum Gasteiger partial charge on any atom is -0.497 e. The van der Waals surface area contributed by atoms with Gasteiger partial charge in [0.1, 0.15) is 11.5 Å². The van der Waals surface area contributed by atoms with Crippen molar-refractivity contribution < 1.29 is 14.2 Å². The molecule has 1 N–H and O–H groups in total. The van der Waals surface area contributed by atoms with Crippen molar-refractivity contribution in [3.8, 4) is 11.5 Å². The van der Waals surface area contributed by atoms with Gasteiger partial charge in [-0.3, -0.25) is 0 Å². The predicted octanol–water partition coefficient (Wildman–Crippen LogP) is 4.16. The molecular formula is C21H30NO3P. The van der Waals surface area contributed by atoms with Crippen molar-refractivity contribution in [3.05, 3.63) is 53.1 Å². The Hall–Kier alpha value is -1.61. The van der Waals surface area contributed by atoms with Crippen LogP contribution in [-0.2, 0) is 11.3 Å². The minimum absolute atomic E-state index is 0.244. The van der Waals surface area contributed by atoms with Crippen LogP contribution in [0.2, 0.25) is 0 Å². The molecule has 0 saturated heterocycles. The van der Waals surface area contributed by atoms with E-state index < -0.39 is 0 Å². The smallest absolute Gasteiger partial charge is 0.188 e. The Morgan fingerprint density at radius 2 is 1.92 bits per heavy atom.